The van der Waals surface area contributed by atoms with Gasteiger partial charge in [0.1, 0.15) is 6.10 Å². The lowest BCUT2D eigenvalue weighted by molar-refractivity contribution is -0.122. The van der Waals surface area contributed by atoms with Crippen molar-refractivity contribution in [1.29, 1.82) is 0 Å². The fraction of sp³-hybridized carbons (Fsp3) is 0.500. The molecule has 7 nitrogen and oxygen atoms in total. The Morgan fingerprint density at radius 3 is 2.66 bits per heavy atom. The predicted molar refractivity (Wildman–Crippen MR) is 128 cm³/mol. The largest absolute Gasteiger partial charge is 0.492 e. The van der Waals surface area contributed by atoms with E-state index >= 15 is 0 Å². The second-order valence-corrected chi connectivity index (χ2v) is 10.5. The number of aromatic nitrogens is 3. The van der Waals surface area contributed by atoms with Crippen molar-refractivity contribution < 1.29 is 9.53 Å². The van der Waals surface area contributed by atoms with Crippen molar-refractivity contribution in [1.82, 2.24) is 20.2 Å². The highest BCUT2D eigenvalue weighted by atomic mass is 32.2. The molecule has 0 bridgehead atoms. The maximum absolute atomic E-state index is 12.9. The van der Waals surface area contributed by atoms with E-state index in [-0.39, 0.29) is 12.0 Å². The topological polar surface area (TPSA) is 81.4 Å². The average Bonchev–Trinajstić information content (AvgIpc) is 3.45. The van der Waals surface area contributed by atoms with E-state index in [1.165, 1.54) is 36.6 Å². The van der Waals surface area contributed by atoms with Crippen LogP contribution in [0, 0.1) is 6.92 Å². The summed E-state index contributed by atoms with van der Waals surface area (Å²) in [4.78, 5) is 12.9. The van der Waals surface area contributed by atoms with E-state index < -0.39 is 4.75 Å². The highest BCUT2D eigenvalue weighted by Gasteiger charge is 2.33. The van der Waals surface area contributed by atoms with Gasteiger partial charge in [-0.25, -0.2) is 5.43 Å². The van der Waals surface area contributed by atoms with Crippen LogP contribution in [0.4, 0.5) is 0 Å². The van der Waals surface area contributed by atoms with Crippen LogP contribution in [0.15, 0.2) is 46.9 Å². The van der Waals surface area contributed by atoms with E-state index in [1.54, 1.807) is 12.5 Å². The van der Waals surface area contributed by atoms with Gasteiger partial charge in [-0.05, 0) is 39.7 Å². The highest BCUT2D eigenvalue weighted by molar-refractivity contribution is 8.01. The number of nitrogens with zero attached hydrogens (tertiary/aromatic N) is 4. The summed E-state index contributed by atoms with van der Waals surface area (Å²) in [6.45, 7) is 5.86. The molecule has 1 atom stereocenters. The number of amides is 1. The van der Waals surface area contributed by atoms with Crippen LogP contribution in [-0.4, -0.2) is 37.7 Å². The van der Waals surface area contributed by atoms with Gasteiger partial charge < -0.3 is 4.74 Å². The molecule has 1 aliphatic heterocycles. The fourth-order valence-corrected chi connectivity index (χ4v) is 5.01. The molecular weight excluding hydrogens is 422 g/mol. The molecule has 170 valence electrons. The number of hydrogen-bond acceptors (Lipinski definition) is 6. The van der Waals surface area contributed by atoms with Gasteiger partial charge in [0, 0.05) is 18.0 Å². The van der Waals surface area contributed by atoms with Crippen molar-refractivity contribution in [3.8, 4) is 11.4 Å². The quantitative estimate of drug-likeness (QED) is 0.361. The zero-order valence-electron chi connectivity index (χ0n) is 19.0. The van der Waals surface area contributed by atoms with Crippen LogP contribution in [0.5, 0.6) is 0 Å². The Bertz CT molecular complexity index is 982. The molecule has 2 heterocycles. The minimum Gasteiger partial charge on any atom is -0.492 e. The summed E-state index contributed by atoms with van der Waals surface area (Å²) < 4.78 is 6.83. The Balaban J connectivity index is 1.55. The second kappa shape index (κ2) is 9.90. The van der Waals surface area contributed by atoms with Gasteiger partial charge in [0.15, 0.2) is 11.0 Å². The Morgan fingerprint density at radius 2 is 1.97 bits per heavy atom. The number of hydrazone groups is 1. The molecule has 1 fully saturated rings. The van der Waals surface area contributed by atoms with Crippen molar-refractivity contribution in [2.45, 2.75) is 81.3 Å². The van der Waals surface area contributed by atoms with Crippen molar-refractivity contribution in [2.75, 3.05) is 0 Å². The summed E-state index contributed by atoms with van der Waals surface area (Å²) in [5.41, 5.74) is 4.92. The van der Waals surface area contributed by atoms with Crippen molar-refractivity contribution >= 4 is 23.9 Å². The monoisotopic (exact) mass is 453 g/mol. The standard InChI is InChI=1S/C24H31N5O2S/c1-17-11-13-18(14-12-17)21-26-28-23(29(21)19-8-5-4-6-9-19)32-24(2,3)22(30)27-25-16-20-10-7-15-31-20/h7,11-16,19-20H,4-6,8-10H2,1-3H3,(H,27,30)/b25-16+/t20-/m1/s1. The molecule has 4 rings (SSSR count). The van der Waals surface area contributed by atoms with Crippen LogP contribution in [0.3, 0.4) is 0 Å². The van der Waals surface area contributed by atoms with Crippen molar-refractivity contribution in [3.05, 3.63) is 42.2 Å². The van der Waals surface area contributed by atoms with Crippen molar-refractivity contribution in [3.63, 3.8) is 0 Å². The fourth-order valence-electron chi connectivity index (χ4n) is 4.00. The lowest BCUT2D eigenvalue weighted by Gasteiger charge is -2.27. The lowest BCUT2D eigenvalue weighted by Crippen LogP contribution is -2.37. The van der Waals surface area contributed by atoms with Gasteiger partial charge in [-0.3, -0.25) is 9.36 Å². The minimum absolute atomic E-state index is 0.113. The zero-order chi connectivity index (χ0) is 22.6. The number of thioether (sulfide) groups is 1. The van der Waals surface area contributed by atoms with E-state index in [9.17, 15) is 4.79 Å². The van der Waals surface area contributed by atoms with Crippen LogP contribution >= 0.6 is 11.8 Å². The summed E-state index contributed by atoms with van der Waals surface area (Å²) >= 11 is 1.44. The molecule has 8 heteroatoms. The average molecular weight is 454 g/mol. The molecule has 0 saturated heterocycles. The van der Waals surface area contributed by atoms with Gasteiger partial charge in [0.2, 0.25) is 0 Å². The SMILES string of the molecule is Cc1ccc(-c2nnc(SC(C)(C)C(=O)N/N=C/[C@H]3CC=CO3)n2C2CCCCC2)cc1. The Kier molecular flexibility index (Phi) is 6.98. The molecule has 1 amide bonds. The smallest absolute Gasteiger partial charge is 0.256 e. The number of benzene rings is 1. The summed E-state index contributed by atoms with van der Waals surface area (Å²) in [6.07, 6.45) is 11.8. The first-order valence-electron chi connectivity index (χ1n) is 11.3. The van der Waals surface area contributed by atoms with Gasteiger partial charge >= 0.3 is 0 Å². The number of hydrogen-bond donors (Lipinski definition) is 1. The molecule has 1 N–H and O–H groups in total. The van der Waals surface area contributed by atoms with E-state index in [0.717, 1.165) is 35.8 Å². The molecule has 1 saturated carbocycles. The van der Waals surface area contributed by atoms with Crippen LogP contribution in [-0.2, 0) is 9.53 Å². The zero-order valence-corrected chi connectivity index (χ0v) is 19.8. The first-order chi connectivity index (χ1) is 15.4. The van der Waals surface area contributed by atoms with E-state index in [4.69, 9.17) is 4.74 Å². The molecule has 1 aromatic carbocycles. The maximum atomic E-state index is 12.9. The van der Waals surface area contributed by atoms with Crippen LogP contribution in [0.2, 0.25) is 0 Å². The van der Waals surface area contributed by atoms with Crippen molar-refractivity contribution in [2.24, 2.45) is 5.10 Å². The normalized spacial score (nSPS) is 19.4. The number of rotatable bonds is 7. The van der Waals surface area contributed by atoms with Gasteiger partial charge in [-0.15, -0.1) is 10.2 Å². The number of ether oxygens (including phenoxy) is 1. The van der Waals surface area contributed by atoms with Gasteiger partial charge in [-0.1, -0.05) is 60.9 Å². The molecule has 2 aromatic rings. The van der Waals surface area contributed by atoms with E-state index in [1.807, 2.05) is 19.9 Å². The first kappa shape index (κ1) is 22.6. The van der Waals surface area contributed by atoms with Crippen LogP contribution < -0.4 is 5.43 Å². The number of carbonyl (C=O) groups excluding carboxylic acids is 1. The van der Waals surface area contributed by atoms with Crippen LogP contribution in [0.25, 0.3) is 11.4 Å². The molecule has 0 radical (unpaired) electrons. The van der Waals surface area contributed by atoms with Crippen LogP contribution in [0.1, 0.15) is 64.0 Å². The summed E-state index contributed by atoms with van der Waals surface area (Å²) in [5, 5.41) is 14.0. The second-order valence-electron chi connectivity index (χ2n) is 8.95. The summed E-state index contributed by atoms with van der Waals surface area (Å²) in [5.74, 6) is 0.694. The number of carbonyl (C=O) groups is 1. The number of nitrogens with one attached hydrogen (secondary N) is 1. The predicted octanol–water partition coefficient (Wildman–Crippen LogP) is 5.03. The summed E-state index contributed by atoms with van der Waals surface area (Å²) in [7, 11) is 0. The lowest BCUT2D eigenvalue weighted by atomic mass is 9.95. The minimum atomic E-state index is -0.768. The van der Waals surface area contributed by atoms with Gasteiger partial charge in [0.05, 0.1) is 17.2 Å². The molecule has 32 heavy (non-hydrogen) atoms. The third-order valence-corrected chi connectivity index (χ3v) is 7.09. The Labute approximate surface area is 193 Å². The summed E-state index contributed by atoms with van der Waals surface area (Å²) in [6, 6.07) is 8.74. The Hall–Kier alpha value is -2.61. The molecule has 0 spiro atoms. The highest BCUT2D eigenvalue weighted by Crippen LogP contribution is 2.39. The van der Waals surface area contributed by atoms with Gasteiger partial charge in [-0.2, -0.15) is 5.10 Å². The van der Waals surface area contributed by atoms with E-state index in [0.29, 0.717) is 6.04 Å². The Morgan fingerprint density at radius 1 is 1.22 bits per heavy atom. The molecule has 1 aliphatic carbocycles. The van der Waals surface area contributed by atoms with Gasteiger partial charge in [0.25, 0.3) is 5.91 Å². The molecular formula is C24H31N5O2S. The molecule has 1 aromatic heterocycles. The van der Waals surface area contributed by atoms with E-state index in [2.05, 4.69) is 56.5 Å². The third kappa shape index (κ3) is 5.23. The first-order valence-corrected chi connectivity index (χ1v) is 12.1. The molecule has 0 unspecified atom stereocenters. The number of aryl methyl sites for hydroxylation is 1. The molecule has 2 aliphatic rings. The third-order valence-electron chi connectivity index (χ3n) is 5.93. The maximum Gasteiger partial charge on any atom is 0.256 e.